The largest absolute Gasteiger partial charge is 0.494 e. The highest BCUT2D eigenvalue weighted by molar-refractivity contribution is 5.31. The molecule has 0 spiro atoms. The Morgan fingerprint density at radius 1 is 1.22 bits per heavy atom. The number of nitrogens with one attached hydrogen (secondary N) is 1. The minimum Gasteiger partial charge on any atom is -0.494 e. The number of ether oxygens (including phenoxy) is 1. The first-order chi connectivity index (χ1) is 8.69. The van der Waals surface area contributed by atoms with Gasteiger partial charge in [0.25, 0.3) is 6.01 Å². The summed E-state index contributed by atoms with van der Waals surface area (Å²) < 4.78 is 10.8. The maximum absolute atomic E-state index is 5.45. The summed E-state index contributed by atoms with van der Waals surface area (Å²) >= 11 is 0. The molecule has 0 aliphatic rings. The molecule has 0 radical (unpaired) electrons. The van der Waals surface area contributed by atoms with Gasteiger partial charge >= 0.3 is 0 Å². The van der Waals surface area contributed by atoms with Gasteiger partial charge in [0, 0.05) is 6.54 Å². The van der Waals surface area contributed by atoms with Crippen LogP contribution < -0.4 is 10.1 Å². The molecule has 18 heavy (non-hydrogen) atoms. The fourth-order valence-corrected chi connectivity index (χ4v) is 1.60. The molecule has 1 aromatic heterocycles. The Morgan fingerprint density at radius 3 is 2.50 bits per heavy atom. The Hall–Kier alpha value is -1.97. The summed E-state index contributed by atoms with van der Waals surface area (Å²) in [7, 11) is 0. The van der Waals surface area contributed by atoms with E-state index in [0.717, 1.165) is 22.8 Å². The fraction of sp³-hybridized carbons (Fsp3) is 0.357. The van der Waals surface area contributed by atoms with Crippen molar-refractivity contribution in [2.75, 3.05) is 11.9 Å². The predicted molar refractivity (Wildman–Crippen MR) is 70.9 cm³/mol. The first kappa shape index (κ1) is 12.5. The second kappa shape index (κ2) is 5.58. The Balaban J connectivity index is 1.93. The molecule has 0 saturated carbocycles. The van der Waals surface area contributed by atoms with Crippen LogP contribution in [0.5, 0.6) is 5.75 Å². The van der Waals surface area contributed by atoms with Gasteiger partial charge in [-0.25, -0.2) is 0 Å². The zero-order valence-corrected chi connectivity index (χ0v) is 11.0. The molecule has 2 rings (SSSR count). The standard InChI is InChI=1S/C14H18N2O2/c1-4-17-13-7-5-12(6-8-13)9-15-14-16-10(2)11(3)18-14/h5-8H,4,9H2,1-3H3,(H,15,16). The fourth-order valence-electron chi connectivity index (χ4n) is 1.60. The normalized spacial score (nSPS) is 10.4. The van der Waals surface area contributed by atoms with Crippen LogP contribution in [-0.4, -0.2) is 11.6 Å². The second-order valence-corrected chi connectivity index (χ2v) is 4.09. The van der Waals surface area contributed by atoms with Gasteiger partial charge in [0.2, 0.25) is 0 Å². The van der Waals surface area contributed by atoms with Crippen molar-refractivity contribution < 1.29 is 9.15 Å². The summed E-state index contributed by atoms with van der Waals surface area (Å²) in [6.07, 6.45) is 0. The van der Waals surface area contributed by atoms with Crippen LogP contribution in [0, 0.1) is 13.8 Å². The van der Waals surface area contributed by atoms with Crippen LogP contribution in [0.4, 0.5) is 6.01 Å². The van der Waals surface area contributed by atoms with Crippen molar-refractivity contribution in [2.24, 2.45) is 0 Å². The number of aryl methyl sites for hydroxylation is 2. The zero-order chi connectivity index (χ0) is 13.0. The number of nitrogens with zero attached hydrogens (tertiary/aromatic N) is 1. The van der Waals surface area contributed by atoms with Gasteiger partial charge in [-0.05, 0) is 38.5 Å². The molecule has 0 saturated heterocycles. The first-order valence-electron chi connectivity index (χ1n) is 6.08. The summed E-state index contributed by atoms with van der Waals surface area (Å²) in [6.45, 7) is 7.19. The van der Waals surface area contributed by atoms with Gasteiger partial charge in [0.05, 0.1) is 12.3 Å². The number of benzene rings is 1. The topological polar surface area (TPSA) is 47.3 Å². The van der Waals surface area contributed by atoms with E-state index < -0.39 is 0 Å². The molecule has 0 bridgehead atoms. The minimum absolute atomic E-state index is 0.568. The van der Waals surface area contributed by atoms with Crippen LogP contribution in [0.15, 0.2) is 28.7 Å². The molecule has 4 nitrogen and oxygen atoms in total. The summed E-state index contributed by atoms with van der Waals surface area (Å²) in [5.41, 5.74) is 2.08. The molecule has 0 atom stereocenters. The van der Waals surface area contributed by atoms with E-state index in [4.69, 9.17) is 9.15 Å². The van der Waals surface area contributed by atoms with Crippen LogP contribution in [0.2, 0.25) is 0 Å². The number of oxazole rings is 1. The van der Waals surface area contributed by atoms with Crippen molar-refractivity contribution >= 4 is 6.01 Å². The van der Waals surface area contributed by atoms with Crippen molar-refractivity contribution in [3.05, 3.63) is 41.3 Å². The van der Waals surface area contributed by atoms with Gasteiger partial charge in [-0.15, -0.1) is 0 Å². The monoisotopic (exact) mass is 246 g/mol. The molecular weight excluding hydrogens is 228 g/mol. The van der Waals surface area contributed by atoms with E-state index in [9.17, 15) is 0 Å². The lowest BCUT2D eigenvalue weighted by molar-refractivity contribution is 0.340. The number of hydrogen-bond acceptors (Lipinski definition) is 4. The number of aromatic nitrogens is 1. The number of anilines is 1. The molecule has 96 valence electrons. The van der Waals surface area contributed by atoms with Gasteiger partial charge in [-0.3, -0.25) is 0 Å². The molecule has 0 fully saturated rings. The van der Waals surface area contributed by atoms with Gasteiger partial charge in [-0.1, -0.05) is 12.1 Å². The highest BCUT2D eigenvalue weighted by atomic mass is 16.5. The lowest BCUT2D eigenvalue weighted by Crippen LogP contribution is -1.99. The second-order valence-electron chi connectivity index (χ2n) is 4.09. The van der Waals surface area contributed by atoms with E-state index in [2.05, 4.69) is 10.3 Å². The molecule has 4 heteroatoms. The van der Waals surface area contributed by atoms with E-state index in [0.29, 0.717) is 19.2 Å². The smallest absolute Gasteiger partial charge is 0.295 e. The molecule has 2 aromatic rings. The Labute approximate surface area is 107 Å². The molecule has 1 N–H and O–H groups in total. The van der Waals surface area contributed by atoms with Gasteiger partial charge < -0.3 is 14.5 Å². The van der Waals surface area contributed by atoms with E-state index in [1.165, 1.54) is 0 Å². The first-order valence-corrected chi connectivity index (χ1v) is 6.08. The number of rotatable bonds is 5. The van der Waals surface area contributed by atoms with E-state index >= 15 is 0 Å². The molecule has 1 heterocycles. The Bertz CT molecular complexity index is 484. The Morgan fingerprint density at radius 2 is 1.94 bits per heavy atom. The summed E-state index contributed by atoms with van der Waals surface area (Å²) in [5, 5.41) is 3.16. The predicted octanol–water partition coefficient (Wildman–Crippen LogP) is 3.30. The molecular formula is C14H18N2O2. The summed E-state index contributed by atoms with van der Waals surface area (Å²) in [5.74, 6) is 1.74. The van der Waals surface area contributed by atoms with Crippen LogP contribution in [-0.2, 0) is 6.54 Å². The van der Waals surface area contributed by atoms with Crippen LogP contribution in [0.1, 0.15) is 23.9 Å². The zero-order valence-electron chi connectivity index (χ0n) is 11.0. The number of hydrogen-bond donors (Lipinski definition) is 1. The van der Waals surface area contributed by atoms with Gasteiger partial charge in [0.1, 0.15) is 11.5 Å². The molecule has 0 aliphatic carbocycles. The SMILES string of the molecule is CCOc1ccc(CNc2nc(C)c(C)o2)cc1. The van der Waals surface area contributed by atoms with Crippen molar-refractivity contribution in [3.63, 3.8) is 0 Å². The highest BCUT2D eigenvalue weighted by Gasteiger charge is 2.04. The summed E-state index contributed by atoms with van der Waals surface area (Å²) in [6, 6.07) is 8.55. The molecule has 0 aliphatic heterocycles. The van der Waals surface area contributed by atoms with Gasteiger partial charge in [-0.2, -0.15) is 4.98 Å². The maximum Gasteiger partial charge on any atom is 0.295 e. The van der Waals surface area contributed by atoms with Crippen LogP contribution in [0.25, 0.3) is 0 Å². The van der Waals surface area contributed by atoms with E-state index in [-0.39, 0.29) is 0 Å². The molecule has 1 aromatic carbocycles. The van der Waals surface area contributed by atoms with E-state index in [1.54, 1.807) is 0 Å². The highest BCUT2D eigenvalue weighted by Crippen LogP contribution is 2.15. The van der Waals surface area contributed by atoms with Crippen LogP contribution >= 0.6 is 0 Å². The van der Waals surface area contributed by atoms with Crippen molar-refractivity contribution in [1.82, 2.24) is 4.98 Å². The van der Waals surface area contributed by atoms with Crippen LogP contribution in [0.3, 0.4) is 0 Å². The third-order valence-corrected chi connectivity index (χ3v) is 2.71. The van der Waals surface area contributed by atoms with E-state index in [1.807, 2.05) is 45.0 Å². The third-order valence-electron chi connectivity index (χ3n) is 2.71. The van der Waals surface area contributed by atoms with Crippen molar-refractivity contribution in [3.8, 4) is 5.75 Å². The van der Waals surface area contributed by atoms with Crippen molar-refractivity contribution in [2.45, 2.75) is 27.3 Å². The maximum atomic E-state index is 5.45. The third kappa shape index (κ3) is 3.03. The lowest BCUT2D eigenvalue weighted by atomic mass is 10.2. The average Bonchev–Trinajstić information content (AvgIpc) is 2.68. The quantitative estimate of drug-likeness (QED) is 0.879. The lowest BCUT2D eigenvalue weighted by Gasteiger charge is -2.05. The van der Waals surface area contributed by atoms with Crippen molar-refractivity contribution in [1.29, 1.82) is 0 Å². The minimum atomic E-state index is 0.568. The molecule has 0 unspecified atom stereocenters. The van der Waals surface area contributed by atoms with Gasteiger partial charge in [0.15, 0.2) is 0 Å². The molecule has 0 amide bonds. The summed E-state index contributed by atoms with van der Waals surface area (Å²) in [4.78, 5) is 4.27. The Kier molecular flexibility index (Phi) is 3.87. The average molecular weight is 246 g/mol.